The lowest BCUT2D eigenvalue weighted by Gasteiger charge is -2.28. The Kier molecular flexibility index (Phi) is 9.69. The third-order valence-corrected chi connectivity index (χ3v) is 6.63. The molecule has 3 atom stereocenters. The van der Waals surface area contributed by atoms with Crippen molar-refractivity contribution in [2.45, 2.75) is 53.1 Å². The largest absolute Gasteiger partial charge is 0.493 e. The van der Waals surface area contributed by atoms with Crippen LogP contribution in [0.1, 0.15) is 61.1 Å². The van der Waals surface area contributed by atoms with Gasteiger partial charge in [0.1, 0.15) is 17.6 Å². The van der Waals surface area contributed by atoms with Crippen molar-refractivity contribution >= 4 is 29.0 Å². The van der Waals surface area contributed by atoms with E-state index in [2.05, 4.69) is 4.98 Å². The highest BCUT2D eigenvalue weighted by Gasteiger charge is 2.29. The van der Waals surface area contributed by atoms with Gasteiger partial charge in [0, 0.05) is 30.0 Å². The molecule has 6 nitrogen and oxygen atoms in total. The number of halogens is 1. The number of carbonyl (C=O) groups excluding carboxylic acids is 2. The number of esters is 2. The smallest absolute Gasteiger partial charge is 0.309 e. The number of hydrogen-bond donors (Lipinski definition) is 0. The van der Waals surface area contributed by atoms with Crippen LogP contribution in [-0.4, -0.2) is 35.0 Å². The van der Waals surface area contributed by atoms with Gasteiger partial charge in [-0.05, 0) is 56.0 Å². The first-order valence-electron chi connectivity index (χ1n) is 12.3. The molecule has 0 aliphatic heterocycles. The van der Waals surface area contributed by atoms with Crippen molar-refractivity contribution in [1.82, 2.24) is 4.98 Å². The van der Waals surface area contributed by atoms with Gasteiger partial charge in [-0.1, -0.05) is 55.0 Å². The minimum atomic E-state index is -0.601. The lowest BCUT2D eigenvalue weighted by atomic mass is 9.84. The molecule has 0 N–H and O–H groups in total. The lowest BCUT2D eigenvalue weighted by molar-refractivity contribution is -0.153. The number of methoxy groups -OCH3 is 1. The van der Waals surface area contributed by atoms with E-state index in [0.717, 1.165) is 22.3 Å². The predicted molar refractivity (Wildman–Crippen MR) is 147 cm³/mol. The Labute approximate surface area is 228 Å². The molecule has 3 rings (SSSR count). The second-order valence-electron chi connectivity index (χ2n) is 9.34. The van der Waals surface area contributed by atoms with Crippen molar-refractivity contribution in [3.05, 3.63) is 88.5 Å². The SMILES string of the molecule is COc1ccnc(C(=S)C[C@@H](C)C(=O)O[C@@H](C)[C@@H](c2ccc(C)cc2)c2ccc(F)cc2C)c1OC(C)=O. The molecule has 0 saturated carbocycles. The zero-order valence-corrected chi connectivity index (χ0v) is 23.2. The normalized spacial score (nSPS) is 13.2. The molecule has 0 fully saturated rings. The average Bonchev–Trinajstić information content (AvgIpc) is 2.86. The number of benzene rings is 2. The van der Waals surface area contributed by atoms with Crippen LogP contribution in [0.15, 0.2) is 54.7 Å². The summed E-state index contributed by atoms with van der Waals surface area (Å²) in [4.78, 5) is 29.4. The summed E-state index contributed by atoms with van der Waals surface area (Å²) in [6.45, 7) is 8.67. The van der Waals surface area contributed by atoms with Crippen LogP contribution < -0.4 is 9.47 Å². The molecule has 1 heterocycles. The molecule has 0 spiro atoms. The fourth-order valence-corrected chi connectivity index (χ4v) is 4.72. The number of pyridine rings is 1. The number of rotatable bonds is 10. The number of thiocarbonyl (C=S) groups is 1. The molecule has 0 amide bonds. The van der Waals surface area contributed by atoms with Crippen molar-refractivity contribution in [1.29, 1.82) is 0 Å². The van der Waals surface area contributed by atoms with Gasteiger partial charge in [-0.2, -0.15) is 0 Å². The summed E-state index contributed by atoms with van der Waals surface area (Å²) in [5.74, 6) is -1.76. The van der Waals surface area contributed by atoms with E-state index in [0.29, 0.717) is 10.6 Å². The van der Waals surface area contributed by atoms with Crippen LogP contribution in [0.3, 0.4) is 0 Å². The Morgan fingerprint density at radius 2 is 1.74 bits per heavy atom. The monoisotopic (exact) mass is 537 g/mol. The van der Waals surface area contributed by atoms with Gasteiger partial charge in [0.2, 0.25) is 0 Å². The highest BCUT2D eigenvalue weighted by atomic mass is 32.1. The van der Waals surface area contributed by atoms with Gasteiger partial charge in [0.05, 0.1) is 13.0 Å². The summed E-state index contributed by atoms with van der Waals surface area (Å²) in [5, 5.41) is 0. The first kappa shape index (κ1) is 28.9. The number of carbonyl (C=O) groups is 2. The molecule has 0 saturated heterocycles. The van der Waals surface area contributed by atoms with Gasteiger partial charge in [-0.15, -0.1) is 0 Å². The highest BCUT2D eigenvalue weighted by molar-refractivity contribution is 7.80. The Balaban J connectivity index is 1.82. The maximum atomic E-state index is 13.9. The standard InChI is InChI=1S/C30H32FNO5S/c1-17-7-9-22(10-8-17)27(24-12-11-23(31)15-18(24)2)20(4)36-30(34)19(3)16-26(38)28-29(37-21(5)33)25(35-6)13-14-32-28/h7-15,19-20,27H,16H2,1-6H3/t19-,20+,27+/m1/s1. The molecule has 2 aromatic carbocycles. The molecular weight excluding hydrogens is 505 g/mol. The van der Waals surface area contributed by atoms with Crippen molar-refractivity contribution in [3.63, 3.8) is 0 Å². The van der Waals surface area contributed by atoms with Crippen LogP contribution >= 0.6 is 12.2 Å². The van der Waals surface area contributed by atoms with Gasteiger partial charge in [-0.3, -0.25) is 14.6 Å². The van der Waals surface area contributed by atoms with E-state index < -0.39 is 24.0 Å². The van der Waals surface area contributed by atoms with Gasteiger partial charge in [0.25, 0.3) is 0 Å². The molecule has 0 radical (unpaired) electrons. The Morgan fingerprint density at radius 1 is 1.05 bits per heavy atom. The zero-order chi connectivity index (χ0) is 28.0. The summed E-state index contributed by atoms with van der Waals surface area (Å²) in [6, 6.07) is 14.2. The van der Waals surface area contributed by atoms with Gasteiger partial charge in [0.15, 0.2) is 11.5 Å². The van der Waals surface area contributed by atoms with E-state index in [1.54, 1.807) is 19.1 Å². The summed E-state index contributed by atoms with van der Waals surface area (Å²) >= 11 is 5.57. The number of aromatic nitrogens is 1. The van der Waals surface area contributed by atoms with Gasteiger partial charge in [-0.25, -0.2) is 4.39 Å². The molecule has 0 aliphatic carbocycles. The maximum absolute atomic E-state index is 13.9. The second-order valence-corrected chi connectivity index (χ2v) is 9.84. The van der Waals surface area contributed by atoms with Gasteiger partial charge >= 0.3 is 11.9 Å². The van der Waals surface area contributed by atoms with Crippen molar-refractivity contribution in [2.75, 3.05) is 7.11 Å². The first-order chi connectivity index (χ1) is 18.0. The van der Waals surface area contributed by atoms with Crippen LogP contribution in [0.25, 0.3) is 0 Å². The van der Waals surface area contributed by atoms with Crippen LogP contribution in [0.2, 0.25) is 0 Å². The molecular formula is C30H32FNO5S. The molecule has 0 aliphatic rings. The number of hydrogen-bond acceptors (Lipinski definition) is 7. The van der Waals surface area contributed by atoms with Crippen molar-refractivity contribution in [2.24, 2.45) is 5.92 Å². The van der Waals surface area contributed by atoms with E-state index in [1.807, 2.05) is 45.0 Å². The highest BCUT2D eigenvalue weighted by Crippen LogP contribution is 2.34. The Morgan fingerprint density at radius 3 is 2.34 bits per heavy atom. The van der Waals surface area contributed by atoms with Crippen molar-refractivity contribution < 1.29 is 28.2 Å². The minimum Gasteiger partial charge on any atom is -0.493 e. The topological polar surface area (TPSA) is 74.7 Å². The zero-order valence-electron chi connectivity index (χ0n) is 22.4. The van der Waals surface area contributed by atoms with Crippen LogP contribution in [0, 0.1) is 25.6 Å². The van der Waals surface area contributed by atoms with Gasteiger partial charge < -0.3 is 14.2 Å². The third-order valence-electron chi connectivity index (χ3n) is 6.27. The lowest BCUT2D eigenvalue weighted by Crippen LogP contribution is -2.28. The van der Waals surface area contributed by atoms with E-state index in [4.69, 9.17) is 26.4 Å². The van der Waals surface area contributed by atoms with Crippen LogP contribution in [0.5, 0.6) is 11.5 Å². The van der Waals surface area contributed by atoms with Crippen LogP contribution in [0.4, 0.5) is 4.39 Å². The Bertz CT molecular complexity index is 1320. The molecule has 8 heteroatoms. The molecule has 200 valence electrons. The molecule has 1 aromatic heterocycles. The number of nitrogens with zero attached hydrogens (tertiary/aromatic N) is 1. The minimum absolute atomic E-state index is 0.118. The predicted octanol–water partition coefficient (Wildman–Crippen LogP) is 6.28. The first-order valence-corrected chi connectivity index (χ1v) is 12.7. The molecule has 0 bridgehead atoms. The maximum Gasteiger partial charge on any atom is 0.309 e. The molecule has 0 unspecified atom stereocenters. The van der Waals surface area contributed by atoms with E-state index in [9.17, 15) is 14.0 Å². The number of ether oxygens (including phenoxy) is 3. The van der Waals surface area contributed by atoms with Crippen molar-refractivity contribution in [3.8, 4) is 11.5 Å². The number of aryl methyl sites for hydroxylation is 2. The fraction of sp³-hybridized carbons (Fsp3) is 0.333. The second kappa shape index (κ2) is 12.7. The summed E-state index contributed by atoms with van der Waals surface area (Å²) < 4.78 is 30.4. The average molecular weight is 538 g/mol. The summed E-state index contributed by atoms with van der Waals surface area (Å²) in [7, 11) is 1.45. The fourth-order valence-electron chi connectivity index (χ4n) is 4.32. The Hall–Kier alpha value is -3.65. The van der Waals surface area contributed by atoms with E-state index in [1.165, 1.54) is 32.4 Å². The molecule has 3 aromatic rings. The quantitative estimate of drug-likeness (QED) is 0.171. The summed E-state index contributed by atoms with van der Waals surface area (Å²) in [5.41, 5.74) is 3.98. The summed E-state index contributed by atoms with van der Waals surface area (Å²) in [6.07, 6.45) is 1.10. The van der Waals surface area contributed by atoms with E-state index in [-0.39, 0.29) is 29.6 Å². The van der Waals surface area contributed by atoms with Crippen LogP contribution in [-0.2, 0) is 14.3 Å². The van der Waals surface area contributed by atoms with E-state index >= 15 is 0 Å². The third kappa shape index (κ3) is 7.01. The molecule has 38 heavy (non-hydrogen) atoms.